The van der Waals surface area contributed by atoms with Gasteiger partial charge in [-0.05, 0) is 24.6 Å². The van der Waals surface area contributed by atoms with Crippen molar-refractivity contribution >= 4 is 27.8 Å². The highest BCUT2D eigenvalue weighted by Crippen LogP contribution is 2.29. The fourth-order valence-electron chi connectivity index (χ4n) is 2.60. The van der Waals surface area contributed by atoms with E-state index in [9.17, 15) is 0 Å². The summed E-state index contributed by atoms with van der Waals surface area (Å²) in [6.07, 6.45) is 3.64. The van der Waals surface area contributed by atoms with Crippen molar-refractivity contribution in [1.82, 2.24) is 15.0 Å². The third-order valence-corrected chi connectivity index (χ3v) is 3.74. The van der Waals surface area contributed by atoms with Crippen LogP contribution < -0.4 is 5.73 Å². The molecule has 0 radical (unpaired) electrons. The van der Waals surface area contributed by atoms with E-state index in [1.54, 1.807) is 6.20 Å². The largest absolute Gasteiger partial charge is 0.384 e. The van der Waals surface area contributed by atoms with E-state index in [1.165, 1.54) is 5.56 Å². The molecule has 0 spiro atoms. The van der Waals surface area contributed by atoms with Crippen molar-refractivity contribution in [3.63, 3.8) is 0 Å². The molecule has 0 unspecified atom stereocenters. The molecule has 4 rings (SSSR count). The van der Waals surface area contributed by atoms with Crippen LogP contribution in [0.4, 0.5) is 5.82 Å². The highest BCUT2D eigenvalue weighted by atomic mass is 14.9. The highest BCUT2D eigenvalue weighted by molar-refractivity contribution is 6.07. The van der Waals surface area contributed by atoms with Crippen LogP contribution in [0.5, 0.6) is 0 Å². The predicted octanol–water partition coefficient (Wildman–Crippen LogP) is 3.67. The summed E-state index contributed by atoms with van der Waals surface area (Å²) in [7, 11) is 0. The predicted molar refractivity (Wildman–Crippen MR) is 86.0 cm³/mol. The summed E-state index contributed by atoms with van der Waals surface area (Å²) in [6, 6.07) is 12.5. The van der Waals surface area contributed by atoms with Crippen LogP contribution in [0.15, 0.2) is 48.8 Å². The number of nitrogens with two attached hydrogens (primary N) is 1. The number of hydrogen-bond acceptors (Lipinski definition) is 3. The minimum atomic E-state index is 0.518. The molecule has 0 aliphatic carbocycles. The Labute approximate surface area is 121 Å². The fourth-order valence-corrected chi connectivity index (χ4v) is 2.60. The van der Waals surface area contributed by atoms with Crippen LogP contribution >= 0.6 is 0 Å². The minimum absolute atomic E-state index is 0.518. The average molecular weight is 274 g/mol. The summed E-state index contributed by atoms with van der Waals surface area (Å²) in [5, 5.41) is 2.12. The van der Waals surface area contributed by atoms with Gasteiger partial charge in [-0.3, -0.25) is 0 Å². The SMILES string of the molecule is Cc1ccc(-c2cnc3[nH]c4cnc(N)cc4c3c2)cc1. The number of aryl methyl sites for hydroxylation is 1. The molecule has 4 aromatic rings. The number of anilines is 1. The summed E-state index contributed by atoms with van der Waals surface area (Å²) in [6.45, 7) is 2.08. The summed E-state index contributed by atoms with van der Waals surface area (Å²) in [4.78, 5) is 11.9. The summed E-state index contributed by atoms with van der Waals surface area (Å²) >= 11 is 0. The van der Waals surface area contributed by atoms with Crippen molar-refractivity contribution in [2.75, 3.05) is 5.73 Å². The second-order valence-corrected chi connectivity index (χ2v) is 5.27. The van der Waals surface area contributed by atoms with E-state index < -0.39 is 0 Å². The number of nitrogens with one attached hydrogen (secondary N) is 1. The van der Waals surface area contributed by atoms with Gasteiger partial charge in [0.25, 0.3) is 0 Å². The maximum Gasteiger partial charge on any atom is 0.138 e. The number of benzene rings is 1. The first-order valence-electron chi connectivity index (χ1n) is 6.81. The number of fused-ring (bicyclic) bond motifs is 3. The van der Waals surface area contributed by atoms with Crippen LogP contribution in [0, 0.1) is 6.92 Å². The molecule has 4 nitrogen and oxygen atoms in total. The van der Waals surface area contributed by atoms with Gasteiger partial charge >= 0.3 is 0 Å². The van der Waals surface area contributed by atoms with Gasteiger partial charge in [0.2, 0.25) is 0 Å². The molecule has 1 aromatic carbocycles. The van der Waals surface area contributed by atoms with E-state index in [0.29, 0.717) is 5.82 Å². The molecule has 0 saturated heterocycles. The van der Waals surface area contributed by atoms with Gasteiger partial charge < -0.3 is 10.7 Å². The zero-order valence-electron chi connectivity index (χ0n) is 11.6. The monoisotopic (exact) mass is 274 g/mol. The maximum atomic E-state index is 5.79. The lowest BCUT2D eigenvalue weighted by atomic mass is 10.0. The molecule has 0 atom stereocenters. The first kappa shape index (κ1) is 11.9. The van der Waals surface area contributed by atoms with E-state index in [2.05, 4.69) is 52.2 Å². The number of nitrogens with zero attached hydrogens (tertiary/aromatic N) is 2. The van der Waals surface area contributed by atoms with Crippen molar-refractivity contribution in [1.29, 1.82) is 0 Å². The van der Waals surface area contributed by atoms with Gasteiger partial charge in [0.15, 0.2) is 0 Å². The molecule has 102 valence electrons. The molecular formula is C17H14N4. The van der Waals surface area contributed by atoms with E-state index in [-0.39, 0.29) is 0 Å². The zero-order valence-corrected chi connectivity index (χ0v) is 11.6. The molecule has 0 bridgehead atoms. The van der Waals surface area contributed by atoms with Gasteiger partial charge in [-0.2, -0.15) is 0 Å². The lowest BCUT2D eigenvalue weighted by molar-refractivity contribution is 1.32. The van der Waals surface area contributed by atoms with Crippen LogP contribution in [0.1, 0.15) is 5.56 Å². The molecule has 0 amide bonds. The third kappa shape index (κ3) is 1.92. The van der Waals surface area contributed by atoms with Gasteiger partial charge in [0.05, 0.1) is 11.7 Å². The van der Waals surface area contributed by atoms with Crippen LogP contribution in [0.2, 0.25) is 0 Å². The Bertz CT molecular complexity index is 952. The average Bonchev–Trinajstić information content (AvgIpc) is 2.85. The van der Waals surface area contributed by atoms with E-state index >= 15 is 0 Å². The third-order valence-electron chi connectivity index (χ3n) is 3.74. The number of aromatic amines is 1. The Morgan fingerprint density at radius 1 is 0.905 bits per heavy atom. The van der Waals surface area contributed by atoms with E-state index in [1.807, 2.05) is 12.3 Å². The molecule has 3 aromatic heterocycles. The summed E-state index contributed by atoms with van der Waals surface area (Å²) < 4.78 is 0. The summed E-state index contributed by atoms with van der Waals surface area (Å²) in [5.41, 5.74) is 11.1. The molecule has 0 aliphatic rings. The van der Waals surface area contributed by atoms with Gasteiger partial charge in [-0.15, -0.1) is 0 Å². The number of H-pyrrole nitrogens is 1. The molecule has 0 aliphatic heterocycles. The van der Waals surface area contributed by atoms with Crippen molar-refractivity contribution in [3.8, 4) is 11.1 Å². The van der Waals surface area contributed by atoms with Crippen LogP contribution in [0.3, 0.4) is 0 Å². The Kier molecular flexibility index (Phi) is 2.44. The Balaban J connectivity index is 1.98. The number of nitrogen functional groups attached to an aromatic ring is 1. The number of rotatable bonds is 1. The zero-order chi connectivity index (χ0) is 14.4. The topological polar surface area (TPSA) is 67.6 Å². The Morgan fingerprint density at radius 2 is 1.71 bits per heavy atom. The molecule has 3 N–H and O–H groups in total. The second-order valence-electron chi connectivity index (χ2n) is 5.27. The number of pyridine rings is 2. The second kappa shape index (κ2) is 4.31. The fraction of sp³-hybridized carbons (Fsp3) is 0.0588. The molecule has 0 saturated carbocycles. The van der Waals surface area contributed by atoms with Gasteiger partial charge in [0.1, 0.15) is 11.5 Å². The van der Waals surface area contributed by atoms with Crippen LogP contribution in [-0.2, 0) is 0 Å². The lowest BCUT2D eigenvalue weighted by Crippen LogP contribution is -1.87. The first-order valence-corrected chi connectivity index (χ1v) is 6.81. The number of hydrogen-bond donors (Lipinski definition) is 2. The van der Waals surface area contributed by atoms with E-state index in [4.69, 9.17) is 5.73 Å². The maximum absolute atomic E-state index is 5.79. The normalized spacial score (nSPS) is 11.3. The van der Waals surface area contributed by atoms with Gasteiger partial charge in [-0.25, -0.2) is 9.97 Å². The van der Waals surface area contributed by atoms with Crippen LogP contribution in [0.25, 0.3) is 33.1 Å². The van der Waals surface area contributed by atoms with Crippen molar-refractivity contribution in [3.05, 3.63) is 54.4 Å². The first-order chi connectivity index (χ1) is 10.2. The van der Waals surface area contributed by atoms with Crippen molar-refractivity contribution in [2.24, 2.45) is 0 Å². The molecule has 3 heterocycles. The smallest absolute Gasteiger partial charge is 0.138 e. The van der Waals surface area contributed by atoms with Crippen LogP contribution in [-0.4, -0.2) is 15.0 Å². The Morgan fingerprint density at radius 3 is 2.52 bits per heavy atom. The Hall–Kier alpha value is -2.88. The van der Waals surface area contributed by atoms with Gasteiger partial charge in [-0.1, -0.05) is 29.8 Å². The quantitative estimate of drug-likeness (QED) is 0.556. The number of aromatic nitrogens is 3. The van der Waals surface area contributed by atoms with E-state index in [0.717, 1.165) is 33.1 Å². The van der Waals surface area contributed by atoms with Crippen molar-refractivity contribution in [2.45, 2.75) is 6.92 Å². The summed E-state index contributed by atoms with van der Waals surface area (Å²) in [5.74, 6) is 0.518. The molecule has 4 heteroatoms. The standard InChI is InChI=1S/C17H14N4/c1-10-2-4-11(5-3-10)12-6-14-13-7-16(18)19-9-15(13)21-17(14)20-8-12/h2-9H,1H3,(H2,18,19)(H,20,21). The molecular weight excluding hydrogens is 260 g/mol. The minimum Gasteiger partial charge on any atom is -0.384 e. The molecule has 0 fully saturated rings. The lowest BCUT2D eigenvalue weighted by Gasteiger charge is -2.02. The molecule has 21 heavy (non-hydrogen) atoms. The van der Waals surface area contributed by atoms with Crippen molar-refractivity contribution < 1.29 is 0 Å². The van der Waals surface area contributed by atoms with Gasteiger partial charge in [0, 0.05) is 22.5 Å². The highest BCUT2D eigenvalue weighted by Gasteiger charge is 2.08.